The van der Waals surface area contributed by atoms with E-state index in [1.54, 1.807) is 11.3 Å². The number of aromatic nitrogens is 3. The van der Waals surface area contributed by atoms with E-state index in [0.717, 1.165) is 25.3 Å². The van der Waals surface area contributed by atoms with Gasteiger partial charge in [0.1, 0.15) is 5.82 Å². The fourth-order valence-corrected chi connectivity index (χ4v) is 3.30. The van der Waals surface area contributed by atoms with Crippen LogP contribution in [0, 0.1) is 6.92 Å². The lowest BCUT2D eigenvalue weighted by molar-refractivity contribution is 0.423. The molecule has 1 aliphatic rings. The van der Waals surface area contributed by atoms with Crippen molar-refractivity contribution in [2.75, 3.05) is 6.54 Å². The van der Waals surface area contributed by atoms with E-state index >= 15 is 0 Å². The number of imidazole rings is 1. The summed E-state index contributed by atoms with van der Waals surface area (Å²) < 4.78 is 2.29. The van der Waals surface area contributed by atoms with E-state index in [4.69, 9.17) is 0 Å². The molecule has 0 aliphatic carbocycles. The molecule has 18 heavy (non-hydrogen) atoms. The summed E-state index contributed by atoms with van der Waals surface area (Å²) in [6.45, 7) is 5.13. The van der Waals surface area contributed by atoms with Crippen molar-refractivity contribution in [3.63, 3.8) is 0 Å². The molecule has 96 valence electrons. The highest BCUT2D eigenvalue weighted by molar-refractivity contribution is 7.09. The van der Waals surface area contributed by atoms with Gasteiger partial charge in [-0.2, -0.15) is 0 Å². The molecule has 0 amide bonds. The van der Waals surface area contributed by atoms with Gasteiger partial charge in [0.15, 0.2) is 0 Å². The highest BCUT2D eigenvalue weighted by Gasteiger charge is 2.20. The summed E-state index contributed by atoms with van der Waals surface area (Å²) in [5.74, 6) is 1.80. The molecule has 0 spiro atoms. The number of fused-ring (bicyclic) bond motifs is 1. The zero-order valence-electron chi connectivity index (χ0n) is 10.6. The molecule has 3 rings (SSSR count). The fraction of sp³-hybridized carbons (Fsp3) is 0.538. The largest absolute Gasteiger partial charge is 0.335 e. The third kappa shape index (κ3) is 2.33. The molecule has 1 atom stereocenters. The van der Waals surface area contributed by atoms with Gasteiger partial charge in [-0.25, -0.2) is 9.97 Å². The number of aryl methyl sites for hydroxylation is 2. The van der Waals surface area contributed by atoms with Crippen molar-refractivity contribution in [3.8, 4) is 0 Å². The Hall–Kier alpha value is -1.20. The molecule has 1 N–H and O–H groups in total. The summed E-state index contributed by atoms with van der Waals surface area (Å²) in [6.07, 6.45) is 6.51. The van der Waals surface area contributed by atoms with Crippen LogP contribution in [0.1, 0.15) is 35.2 Å². The number of hydrogen-bond acceptors (Lipinski definition) is 4. The lowest BCUT2D eigenvalue weighted by Crippen LogP contribution is -2.26. The Morgan fingerprint density at radius 2 is 2.44 bits per heavy atom. The van der Waals surface area contributed by atoms with Crippen LogP contribution in [0.15, 0.2) is 17.9 Å². The summed E-state index contributed by atoms with van der Waals surface area (Å²) in [7, 11) is 0. The first-order chi connectivity index (χ1) is 8.84. The van der Waals surface area contributed by atoms with Crippen molar-refractivity contribution in [1.29, 1.82) is 0 Å². The molecule has 0 saturated carbocycles. The van der Waals surface area contributed by atoms with Crippen molar-refractivity contribution in [3.05, 3.63) is 34.3 Å². The molecule has 1 aliphatic heterocycles. The van der Waals surface area contributed by atoms with Crippen molar-refractivity contribution < 1.29 is 0 Å². The Kier molecular flexibility index (Phi) is 3.43. The summed E-state index contributed by atoms with van der Waals surface area (Å²) in [6, 6.07) is 0. The van der Waals surface area contributed by atoms with Gasteiger partial charge in [0.2, 0.25) is 0 Å². The topological polar surface area (TPSA) is 42.7 Å². The molecular weight excluding hydrogens is 244 g/mol. The molecule has 0 aromatic carbocycles. The number of nitrogens with one attached hydrogen (secondary N) is 1. The van der Waals surface area contributed by atoms with Crippen LogP contribution in [-0.4, -0.2) is 21.1 Å². The van der Waals surface area contributed by atoms with Gasteiger partial charge in [-0.15, -0.1) is 11.3 Å². The number of hydrogen-bond donors (Lipinski definition) is 1. The first-order valence-corrected chi connectivity index (χ1v) is 7.33. The van der Waals surface area contributed by atoms with E-state index in [9.17, 15) is 0 Å². The predicted molar refractivity (Wildman–Crippen MR) is 72.8 cm³/mol. The Balaban J connectivity index is 1.57. The maximum atomic E-state index is 4.48. The second-order valence-electron chi connectivity index (χ2n) is 4.81. The first kappa shape index (κ1) is 11.9. The van der Waals surface area contributed by atoms with Crippen LogP contribution >= 0.6 is 11.3 Å². The third-order valence-corrected chi connectivity index (χ3v) is 4.52. The van der Waals surface area contributed by atoms with Crippen LogP contribution < -0.4 is 5.32 Å². The van der Waals surface area contributed by atoms with Gasteiger partial charge in [-0.05, 0) is 19.8 Å². The van der Waals surface area contributed by atoms with Crippen molar-refractivity contribution in [1.82, 2.24) is 19.9 Å². The van der Waals surface area contributed by atoms with Crippen LogP contribution in [0.4, 0.5) is 0 Å². The maximum absolute atomic E-state index is 4.48. The van der Waals surface area contributed by atoms with Gasteiger partial charge in [0.05, 0.1) is 11.2 Å². The molecular formula is C13H18N4S. The van der Waals surface area contributed by atoms with E-state index < -0.39 is 0 Å². The van der Waals surface area contributed by atoms with Crippen LogP contribution in [0.2, 0.25) is 0 Å². The molecule has 0 saturated heterocycles. The molecule has 4 nitrogen and oxygen atoms in total. The fourth-order valence-electron chi connectivity index (χ4n) is 2.56. The van der Waals surface area contributed by atoms with Crippen molar-refractivity contribution >= 4 is 11.3 Å². The molecule has 0 fully saturated rings. The lowest BCUT2D eigenvalue weighted by Gasteiger charge is -2.23. The van der Waals surface area contributed by atoms with Gasteiger partial charge < -0.3 is 9.88 Å². The normalized spacial score (nSPS) is 18.8. The minimum atomic E-state index is 0.557. The average molecular weight is 262 g/mol. The number of thiazole rings is 1. The summed E-state index contributed by atoms with van der Waals surface area (Å²) >= 11 is 1.73. The Morgan fingerprint density at radius 1 is 1.50 bits per heavy atom. The van der Waals surface area contributed by atoms with Crippen LogP contribution in [0.25, 0.3) is 0 Å². The Labute approximate surface area is 111 Å². The smallest absolute Gasteiger partial charge is 0.113 e. The van der Waals surface area contributed by atoms with Crippen molar-refractivity contribution in [2.45, 2.75) is 38.8 Å². The van der Waals surface area contributed by atoms with Crippen molar-refractivity contribution in [2.24, 2.45) is 0 Å². The number of nitrogens with zero attached hydrogens (tertiary/aromatic N) is 3. The van der Waals surface area contributed by atoms with E-state index in [2.05, 4.69) is 33.0 Å². The van der Waals surface area contributed by atoms with Gasteiger partial charge in [-0.3, -0.25) is 0 Å². The molecule has 0 unspecified atom stereocenters. The van der Waals surface area contributed by atoms with E-state index in [1.807, 2.05) is 11.7 Å². The minimum Gasteiger partial charge on any atom is -0.335 e. The molecule has 3 heterocycles. The van der Waals surface area contributed by atoms with Gasteiger partial charge in [0.25, 0.3) is 0 Å². The Bertz CT molecular complexity index is 517. The molecule has 2 aromatic heterocycles. The Morgan fingerprint density at radius 3 is 3.28 bits per heavy atom. The zero-order valence-corrected chi connectivity index (χ0v) is 11.4. The van der Waals surface area contributed by atoms with Crippen LogP contribution in [0.5, 0.6) is 0 Å². The molecule has 2 aromatic rings. The summed E-state index contributed by atoms with van der Waals surface area (Å²) in [4.78, 5) is 10.1. The summed E-state index contributed by atoms with van der Waals surface area (Å²) in [5.41, 5.74) is 3.07. The quantitative estimate of drug-likeness (QED) is 0.919. The van der Waals surface area contributed by atoms with E-state index in [-0.39, 0.29) is 0 Å². The van der Waals surface area contributed by atoms with Crippen LogP contribution in [0.3, 0.4) is 0 Å². The first-order valence-electron chi connectivity index (χ1n) is 6.45. The lowest BCUT2D eigenvalue weighted by atomic mass is 9.99. The molecule has 0 radical (unpaired) electrons. The monoisotopic (exact) mass is 262 g/mol. The number of rotatable bonds is 4. The van der Waals surface area contributed by atoms with Gasteiger partial charge >= 0.3 is 0 Å². The molecule has 0 bridgehead atoms. The second-order valence-corrected chi connectivity index (χ2v) is 5.75. The van der Waals surface area contributed by atoms with Crippen LogP contribution in [-0.2, 0) is 13.1 Å². The predicted octanol–water partition coefficient (Wildman–Crippen LogP) is 2.32. The standard InChI is InChI=1S/C13H18N4S/c1-10-12(18-9-16-10)8-14-7-11-3-2-5-17-6-4-15-13(11)17/h4,6,9,11,14H,2-3,5,7-8H2,1H3/t11-/m0/s1. The highest BCUT2D eigenvalue weighted by atomic mass is 32.1. The highest BCUT2D eigenvalue weighted by Crippen LogP contribution is 2.25. The minimum absolute atomic E-state index is 0.557. The molecule has 5 heteroatoms. The van der Waals surface area contributed by atoms with E-state index in [1.165, 1.54) is 23.5 Å². The second kappa shape index (κ2) is 5.20. The van der Waals surface area contributed by atoms with E-state index in [0.29, 0.717) is 5.92 Å². The van der Waals surface area contributed by atoms with Gasteiger partial charge in [0, 0.05) is 42.8 Å². The summed E-state index contributed by atoms with van der Waals surface area (Å²) in [5, 5.41) is 3.55. The van der Waals surface area contributed by atoms with Gasteiger partial charge in [-0.1, -0.05) is 0 Å². The zero-order chi connectivity index (χ0) is 12.4. The third-order valence-electron chi connectivity index (χ3n) is 3.59. The maximum Gasteiger partial charge on any atom is 0.113 e. The SMILES string of the molecule is Cc1ncsc1CNC[C@@H]1CCCn2ccnc21. The average Bonchev–Trinajstić information content (AvgIpc) is 2.99.